The third-order valence-corrected chi connectivity index (χ3v) is 5.93. The van der Waals surface area contributed by atoms with Crippen LogP contribution in [0.4, 0.5) is 0 Å². The summed E-state index contributed by atoms with van der Waals surface area (Å²) in [5.74, 6) is 0. The summed E-state index contributed by atoms with van der Waals surface area (Å²) in [7, 11) is 2.25. The number of hydrogen-bond donors (Lipinski definition) is 0. The van der Waals surface area contributed by atoms with Gasteiger partial charge < -0.3 is 9.80 Å². The quantitative estimate of drug-likeness (QED) is 0.822. The minimum atomic E-state index is 0.781. The van der Waals surface area contributed by atoms with Gasteiger partial charge in [-0.05, 0) is 50.4 Å². The second-order valence-corrected chi connectivity index (χ2v) is 7.71. The van der Waals surface area contributed by atoms with Crippen molar-refractivity contribution < 1.29 is 0 Å². The zero-order valence-electron chi connectivity index (χ0n) is 15.7. The zero-order valence-corrected chi connectivity index (χ0v) is 15.7. The maximum absolute atomic E-state index is 2.76. The van der Waals surface area contributed by atoms with Crippen LogP contribution >= 0.6 is 0 Å². The average Bonchev–Trinajstić information content (AvgIpc) is 2.87. The molecule has 3 rings (SSSR count). The Morgan fingerprint density at radius 1 is 0.917 bits per heavy atom. The van der Waals surface area contributed by atoms with Crippen LogP contribution in [0.1, 0.15) is 37.3 Å². The maximum atomic E-state index is 2.76. The molecular weight excluding hydrogens is 294 g/mol. The molecule has 134 valence electrons. The van der Waals surface area contributed by atoms with Gasteiger partial charge in [-0.25, -0.2) is 0 Å². The first kappa shape index (κ1) is 17.9. The van der Waals surface area contributed by atoms with Crippen LogP contribution in [0.25, 0.3) is 0 Å². The predicted molar refractivity (Wildman–Crippen MR) is 103 cm³/mol. The summed E-state index contributed by atoms with van der Waals surface area (Å²) in [4.78, 5) is 7.95. The second-order valence-electron chi connectivity index (χ2n) is 7.71. The number of likely N-dealkylation sites (tertiary alicyclic amines) is 1. The van der Waals surface area contributed by atoms with E-state index in [0.29, 0.717) is 0 Å². The smallest absolute Gasteiger partial charge is 0.0224 e. The van der Waals surface area contributed by atoms with Crippen LogP contribution in [0.5, 0.6) is 0 Å². The van der Waals surface area contributed by atoms with Gasteiger partial charge in [0.05, 0.1) is 0 Å². The highest BCUT2D eigenvalue weighted by atomic mass is 15.3. The highest BCUT2D eigenvalue weighted by Crippen LogP contribution is 2.18. The summed E-state index contributed by atoms with van der Waals surface area (Å²) < 4.78 is 0. The molecule has 0 spiro atoms. The second kappa shape index (κ2) is 8.98. The van der Waals surface area contributed by atoms with Gasteiger partial charge in [0.1, 0.15) is 0 Å². The molecule has 2 saturated heterocycles. The molecule has 0 radical (unpaired) electrons. The standard InChI is InChI=1S/C21H35N3/c1-3-19-7-9-20(10-8-19)11-13-23-12-5-4-6-21(18-23)24-16-14-22(2)15-17-24/h7-10,21H,3-6,11-18H2,1-2H3. The van der Waals surface area contributed by atoms with Crippen LogP contribution in [-0.2, 0) is 12.8 Å². The summed E-state index contributed by atoms with van der Waals surface area (Å²) in [6.07, 6.45) is 6.50. The lowest BCUT2D eigenvalue weighted by molar-refractivity contribution is 0.0892. The van der Waals surface area contributed by atoms with Crippen LogP contribution < -0.4 is 0 Å². The summed E-state index contributed by atoms with van der Waals surface area (Å²) in [5, 5.41) is 0. The topological polar surface area (TPSA) is 9.72 Å². The molecule has 2 aliphatic rings. The Hall–Kier alpha value is -0.900. The molecule has 0 amide bonds. The molecule has 0 aliphatic carbocycles. The van der Waals surface area contributed by atoms with Crippen molar-refractivity contribution in [2.45, 2.75) is 45.1 Å². The van der Waals surface area contributed by atoms with Crippen molar-refractivity contribution in [3.05, 3.63) is 35.4 Å². The van der Waals surface area contributed by atoms with E-state index in [9.17, 15) is 0 Å². The lowest BCUT2D eigenvalue weighted by Gasteiger charge is -2.39. The summed E-state index contributed by atoms with van der Waals surface area (Å²) in [5.41, 5.74) is 2.94. The van der Waals surface area contributed by atoms with Gasteiger partial charge >= 0.3 is 0 Å². The van der Waals surface area contributed by atoms with Crippen LogP contribution in [0.3, 0.4) is 0 Å². The molecule has 24 heavy (non-hydrogen) atoms. The van der Waals surface area contributed by atoms with Crippen LogP contribution in [-0.4, -0.2) is 73.6 Å². The van der Waals surface area contributed by atoms with Gasteiger partial charge in [0.2, 0.25) is 0 Å². The van der Waals surface area contributed by atoms with Crippen molar-refractivity contribution in [3.8, 4) is 0 Å². The van der Waals surface area contributed by atoms with Gasteiger partial charge in [-0.3, -0.25) is 4.90 Å². The van der Waals surface area contributed by atoms with Crippen molar-refractivity contribution in [3.63, 3.8) is 0 Å². The first-order chi connectivity index (χ1) is 11.7. The molecule has 2 aliphatic heterocycles. The molecular formula is C21H35N3. The van der Waals surface area contributed by atoms with Crippen LogP contribution in [0, 0.1) is 0 Å². The fraction of sp³-hybridized carbons (Fsp3) is 0.714. The van der Waals surface area contributed by atoms with E-state index >= 15 is 0 Å². The molecule has 3 heteroatoms. The molecule has 0 bridgehead atoms. The Labute approximate surface area is 148 Å². The first-order valence-electron chi connectivity index (χ1n) is 9.97. The zero-order chi connectivity index (χ0) is 16.8. The highest BCUT2D eigenvalue weighted by molar-refractivity contribution is 5.22. The van der Waals surface area contributed by atoms with Gasteiger partial charge in [-0.1, -0.05) is 37.6 Å². The largest absolute Gasteiger partial charge is 0.304 e. The number of piperazine rings is 1. The molecule has 0 saturated carbocycles. The van der Waals surface area contributed by atoms with Gasteiger partial charge in [0.25, 0.3) is 0 Å². The minimum absolute atomic E-state index is 0.781. The van der Waals surface area contributed by atoms with Gasteiger partial charge in [0, 0.05) is 45.3 Å². The van der Waals surface area contributed by atoms with E-state index in [2.05, 4.69) is 52.9 Å². The Kier molecular flexibility index (Phi) is 6.70. The Morgan fingerprint density at radius 2 is 1.62 bits per heavy atom. The number of benzene rings is 1. The SMILES string of the molecule is CCc1ccc(CCN2CCCCC(N3CCN(C)CC3)C2)cc1. The lowest BCUT2D eigenvalue weighted by atomic mass is 10.1. The number of nitrogens with zero attached hydrogens (tertiary/aromatic N) is 3. The summed E-state index contributed by atoms with van der Waals surface area (Å²) in [6.45, 7) is 11.0. The summed E-state index contributed by atoms with van der Waals surface area (Å²) >= 11 is 0. The van der Waals surface area contributed by atoms with Crippen molar-refractivity contribution in [1.82, 2.24) is 14.7 Å². The number of rotatable bonds is 5. The van der Waals surface area contributed by atoms with Crippen molar-refractivity contribution in [2.24, 2.45) is 0 Å². The molecule has 2 heterocycles. The van der Waals surface area contributed by atoms with E-state index in [1.165, 1.54) is 82.6 Å². The van der Waals surface area contributed by atoms with E-state index in [0.717, 1.165) is 12.5 Å². The van der Waals surface area contributed by atoms with E-state index in [1.54, 1.807) is 0 Å². The molecule has 3 nitrogen and oxygen atoms in total. The van der Waals surface area contributed by atoms with Gasteiger partial charge in [0.15, 0.2) is 0 Å². The molecule has 2 fully saturated rings. The molecule has 1 aromatic rings. The fourth-order valence-corrected chi connectivity index (χ4v) is 4.11. The molecule has 0 aromatic heterocycles. The minimum Gasteiger partial charge on any atom is -0.304 e. The van der Waals surface area contributed by atoms with E-state index in [1.807, 2.05) is 0 Å². The number of likely N-dealkylation sites (N-methyl/N-ethyl adjacent to an activating group) is 1. The Morgan fingerprint density at radius 3 is 2.33 bits per heavy atom. The number of aryl methyl sites for hydroxylation is 1. The molecule has 1 aromatic carbocycles. The Balaban J connectivity index is 1.50. The molecule has 0 N–H and O–H groups in total. The van der Waals surface area contributed by atoms with E-state index in [4.69, 9.17) is 0 Å². The predicted octanol–water partition coefficient (Wildman–Crippen LogP) is 2.89. The monoisotopic (exact) mass is 329 g/mol. The van der Waals surface area contributed by atoms with Crippen molar-refractivity contribution in [1.29, 1.82) is 0 Å². The van der Waals surface area contributed by atoms with Gasteiger partial charge in [-0.15, -0.1) is 0 Å². The number of hydrogen-bond acceptors (Lipinski definition) is 3. The third-order valence-electron chi connectivity index (χ3n) is 5.93. The average molecular weight is 330 g/mol. The maximum Gasteiger partial charge on any atom is 0.0224 e. The fourth-order valence-electron chi connectivity index (χ4n) is 4.11. The first-order valence-corrected chi connectivity index (χ1v) is 9.97. The van der Waals surface area contributed by atoms with Crippen molar-refractivity contribution in [2.75, 3.05) is 52.9 Å². The Bertz CT molecular complexity index is 476. The molecule has 1 unspecified atom stereocenters. The van der Waals surface area contributed by atoms with E-state index in [-0.39, 0.29) is 0 Å². The van der Waals surface area contributed by atoms with Crippen LogP contribution in [0.15, 0.2) is 24.3 Å². The third kappa shape index (κ3) is 5.05. The highest BCUT2D eigenvalue weighted by Gasteiger charge is 2.25. The van der Waals surface area contributed by atoms with E-state index < -0.39 is 0 Å². The van der Waals surface area contributed by atoms with Crippen molar-refractivity contribution >= 4 is 0 Å². The lowest BCUT2D eigenvalue weighted by Crippen LogP contribution is -2.52. The van der Waals surface area contributed by atoms with Crippen LogP contribution in [0.2, 0.25) is 0 Å². The molecule has 1 atom stereocenters. The summed E-state index contributed by atoms with van der Waals surface area (Å²) in [6, 6.07) is 10.0. The van der Waals surface area contributed by atoms with Gasteiger partial charge in [-0.2, -0.15) is 0 Å². The normalized spacial score (nSPS) is 24.8.